The van der Waals surface area contributed by atoms with Crippen LogP contribution < -0.4 is 5.32 Å². The van der Waals surface area contributed by atoms with Gasteiger partial charge in [0.05, 0.1) is 7.11 Å². The van der Waals surface area contributed by atoms with E-state index in [1.807, 2.05) is 38.1 Å². The lowest BCUT2D eigenvalue weighted by molar-refractivity contribution is -0.143. The SMILES string of the molecule is COC(=O)CC(=O)NCC(C)(C)c1ccccc1Br. The Morgan fingerprint density at radius 3 is 2.53 bits per heavy atom. The van der Waals surface area contributed by atoms with Crippen molar-refractivity contribution in [3.8, 4) is 0 Å². The van der Waals surface area contributed by atoms with E-state index in [-0.39, 0.29) is 17.7 Å². The molecule has 0 unspecified atom stereocenters. The number of hydrogen-bond donors (Lipinski definition) is 1. The van der Waals surface area contributed by atoms with Crippen molar-refractivity contribution in [2.45, 2.75) is 25.7 Å². The largest absolute Gasteiger partial charge is 0.469 e. The molecular weight excluding hydrogens is 310 g/mol. The topological polar surface area (TPSA) is 55.4 Å². The van der Waals surface area contributed by atoms with Crippen molar-refractivity contribution in [3.63, 3.8) is 0 Å². The molecule has 0 saturated carbocycles. The van der Waals surface area contributed by atoms with Crippen LogP contribution >= 0.6 is 15.9 Å². The van der Waals surface area contributed by atoms with Gasteiger partial charge >= 0.3 is 5.97 Å². The van der Waals surface area contributed by atoms with Crippen LogP contribution in [0, 0.1) is 0 Å². The molecular formula is C14H18BrNO3. The predicted octanol–water partition coefficient (Wildman–Crippen LogP) is 2.41. The average molecular weight is 328 g/mol. The highest BCUT2D eigenvalue weighted by Crippen LogP contribution is 2.29. The van der Waals surface area contributed by atoms with Crippen LogP contribution in [-0.2, 0) is 19.7 Å². The fraction of sp³-hybridized carbons (Fsp3) is 0.429. The first-order valence-electron chi connectivity index (χ1n) is 5.95. The van der Waals surface area contributed by atoms with Crippen LogP contribution in [0.15, 0.2) is 28.7 Å². The molecule has 0 bridgehead atoms. The van der Waals surface area contributed by atoms with E-state index in [1.165, 1.54) is 7.11 Å². The molecule has 0 atom stereocenters. The van der Waals surface area contributed by atoms with E-state index >= 15 is 0 Å². The lowest BCUT2D eigenvalue weighted by Crippen LogP contribution is -2.37. The third-order valence-corrected chi connectivity index (χ3v) is 3.55. The molecule has 0 spiro atoms. The van der Waals surface area contributed by atoms with Crippen LogP contribution in [0.1, 0.15) is 25.8 Å². The van der Waals surface area contributed by atoms with E-state index in [0.717, 1.165) is 10.0 Å². The van der Waals surface area contributed by atoms with Gasteiger partial charge in [0.1, 0.15) is 6.42 Å². The molecule has 0 aliphatic heterocycles. The molecule has 0 radical (unpaired) electrons. The molecule has 0 fully saturated rings. The lowest BCUT2D eigenvalue weighted by atomic mass is 9.84. The van der Waals surface area contributed by atoms with Crippen LogP contribution in [0.2, 0.25) is 0 Å². The van der Waals surface area contributed by atoms with E-state index < -0.39 is 5.97 Å². The van der Waals surface area contributed by atoms with E-state index in [1.54, 1.807) is 0 Å². The first-order valence-corrected chi connectivity index (χ1v) is 6.74. The van der Waals surface area contributed by atoms with Crippen molar-refractivity contribution in [2.24, 2.45) is 0 Å². The summed E-state index contributed by atoms with van der Waals surface area (Å²) in [6.45, 7) is 4.52. The molecule has 5 heteroatoms. The van der Waals surface area contributed by atoms with Gasteiger partial charge in [-0.1, -0.05) is 48.0 Å². The summed E-state index contributed by atoms with van der Waals surface area (Å²) < 4.78 is 5.45. The molecule has 1 N–H and O–H groups in total. The highest BCUT2D eigenvalue weighted by atomic mass is 79.9. The van der Waals surface area contributed by atoms with E-state index in [4.69, 9.17) is 0 Å². The molecule has 104 valence electrons. The van der Waals surface area contributed by atoms with Gasteiger partial charge in [-0.05, 0) is 11.6 Å². The Balaban J connectivity index is 2.63. The van der Waals surface area contributed by atoms with Crippen molar-refractivity contribution in [2.75, 3.05) is 13.7 Å². The lowest BCUT2D eigenvalue weighted by Gasteiger charge is -2.26. The molecule has 19 heavy (non-hydrogen) atoms. The minimum atomic E-state index is -0.531. The van der Waals surface area contributed by atoms with Gasteiger partial charge in [0.15, 0.2) is 0 Å². The molecule has 1 aromatic carbocycles. The second kappa shape index (κ2) is 6.70. The highest BCUT2D eigenvalue weighted by Gasteiger charge is 2.23. The summed E-state index contributed by atoms with van der Waals surface area (Å²) in [5.41, 5.74) is 0.875. The summed E-state index contributed by atoms with van der Waals surface area (Å²) in [6, 6.07) is 7.88. The van der Waals surface area contributed by atoms with Crippen LogP contribution in [0.25, 0.3) is 0 Å². The highest BCUT2D eigenvalue weighted by molar-refractivity contribution is 9.10. The van der Waals surface area contributed by atoms with Crippen LogP contribution in [-0.4, -0.2) is 25.5 Å². The zero-order valence-electron chi connectivity index (χ0n) is 11.3. The fourth-order valence-corrected chi connectivity index (χ4v) is 2.51. The minimum Gasteiger partial charge on any atom is -0.469 e. The number of nitrogens with one attached hydrogen (secondary N) is 1. The first-order chi connectivity index (χ1) is 8.86. The number of ether oxygens (including phenoxy) is 1. The van der Waals surface area contributed by atoms with Crippen molar-refractivity contribution < 1.29 is 14.3 Å². The van der Waals surface area contributed by atoms with E-state index in [0.29, 0.717) is 6.54 Å². The number of rotatable bonds is 5. The monoisotopic (exact) mass is 327 g/mol. The molecule has 0 aliphatic carbocycles. The third-order valence-electron chi connectivity index (χ3n) is 2.86. The molecule has 0 aromatic heterocycles. The Kier molecular flexibility index (Phi) is 5.54. The van der Waals surface area contributed by atoms with Crippen LogP contribution in [0.3, 0.4) is 0 Å². The average Bonchev–Trinajstić information content (AvgIpc) is 2.36. The second-order valence-corrected chi connectivity index (χ2v) is 5.75. The normalized spacial score (nSPS) is 10.9. The van der Waals surface area contributed by atoms with Gasteiger partial charge in [-0.15, -0.1) is 0 Å². The Labute approximate surface area is 121 Å². The number of halogens is 1. The van der Waals surface area contributed by atoms with Crippen LogP contribution in [0.5, 0.6) is 0 Å². The van der Waals surface area contributed by atoms with Gasteiger partial charge in [-0.2, -0.15) is 0 Å². The van der Waals surface area contributed by atoms with Gasteiger partial charge in [0.2, 0.25) is 5.91 Å². The van der Waals surface area contributed by atoms with Gasteiger partial charge in [0.25, 0.3) is 0 Å². The fourth-order valence-electron chi connectivity index (χ4n) is 1.69. The number of methoxy groups -OCH3 is 1. The number of hydrogen-bond acceptors (Lipinski definition) is 3. The molecule has 1 rings (SSSR count). The number of carbonyl (C=O) groups is 2. The van der Waals surface area contributed by atoms with Gasteiger partial charge in [-0.3, -0.25) is 9.59 Å². The summed E-state index contributed by atoms with van der Waals surface area (Å²) in [7, 11) is 1.26. The molecule has 4 nitrogen and oxygen atoms in total. The zero-order valence-corrected chi connectivity index (χ0v) is 12.9. The molecule has 0 aliphatic rings. The van der Waals surface area contributed by atoms with Gasteiger partial charge < -0.3 is 10.1 Å². The molecule has 1 amide bonds. The number of amides is 1. The summed E-state index contributed by atoms with van der Waals surface area (Å²) in [5, 5.41) is 2.75. The summed E-state index contributed by atoms with van der Waals surface area (Å²) >= 11 is 3.50. The molecule has 0 heterocycles. The van der Waals surface area contributed by atoms with E-state index in [9.17, 15) is 9.59 Å². The number of esters is 1. The standard InChI is InChI=1S/C14H18BrNO3/c1-14(2,10-6-4-5-7-11(10)15)9-16-12(17)8-13(18)19-3/h4-7H,8-9H2,1-3H3,(H,16,17). The Morgan fingerprint density at radius 2 is 1.95 bits per heavy atom. The van der Waals surface area contributed by atoms with E-state index in [2.05, 4.69) is 26.0 Å². The van der Waals surface area contributed by atoms with Gasteiger partial charge in [-0.25, -0.2) is 0 Å². The Morgan fingerprint density at radius 1 is 1.32 bits per heavy atom. The third kappa shape index (κ3) is 4.67. The Hall–Kier alpha value is -1.36. The molecule has 0 saturated heterocycles. The van der Waals surface area contributed by atoms with Crippen molar-refractivity contribution in [3.05, 3.63) is 34.3 Å². The maximum Gasteiger partial charge on any atom is 0.315 e. The second-order valence-electron chi connectivity index (χ2n) is 4.89. The number of carbonyl (C=O) groups excluding carboxylic acids is 2. The van der Waals surface area contributed by atoms with Gasteiger partial charge in [0, 0.05) is 16.4 Å². The van der Waals surface area contributed by atoms with Crippen molar-refractivity contribution >= 4 is 27.8 Å². The van der Waals surface area contributed by atoms with Crippen molar-refractivity contribution in [1.29, 1.82) is 0 Å². The maximum atomic E-state index is 11.6. The summed E-state index contributed by atoms with van der Waals surface area (Å²) in [6.07, 6.45) is -0.247. The van der Waals surface area contributed by atoms with Crippen LogP contribution in [0.4, 0.5) is 0 Å². The smallest absolute Gasteiger partial charge is 0.315 e. The zero-order chi connectivity index (χ0) is 14.5. The first kappa shape index (κ1) is 15.7. The minimum absolute atomic E-state index is 0.230. The summed E-state index contributed by atoms with van der Waals surface area (Å²) in [4.78, 5) is 22.5. The predicted molar refractivity (Wildman–Crippen MR) is 76.8 cm³/mol. The molecule has 1 aromatic rings. The maximum absolute atomic E-state index is 11.6. The number of benzene rings is 1. The quantitative estimate of drug-likeness (QED) is 0.667. The summed E-state index contributed by atoms with van der Waals surface area (Å²) in [5.74, 6) is -0.858. The van der Waals surface area contributed by atoms with Crippen molar-refractivity contribution in [1.82, 2.24) is 5.32 Å². The Bertz CT molecular complexity index is 472.